The predicted octanol–water partition coefficient (Wildman–Crippen LogP) is 4.69. The number of ether oxygens (including phenoxy) is 3. The van der Waals surface area contributed by atoms with E-state index in [4.69, 9.17) is 41.8 Å². The van der Waals surface area contributed by atoms with Crippen LogP contribution in [0.25, 0.3) is 22.3 Å². The minimum Gasteiger partial charge on any atom is -0.495 e. The molecule has 0 aliphatic carbocycles. The first-order valence-corrected chi connectivity index (χ1v) is 11.0. The van der Waals surface area contributed by atoms with Gasteiger partial charge in [0, 0.05) is 18.1 Å². The molecule has 2 atom stereocenters. The summed E-state index contributed by atoms with van der Waals surface area (Å²) >= 11 is 13.1. The number of nitrogens with zero attached hydrogens (tertiary/aromatic N) is 1. The van der Waals surface area contributed by atoms with E-state index in [-0.39, 0.29) is 18.0 Å². The molecular formula is C23H23Cl2N3O5. The minimum atomic E-state index is -0.223. The number of carbonyl (C=O) groups excluding carboxylic acids is 1. The van der Waals surface area contributed by atoms with E-state index in [1.54, 1.807) is 12.3 Å². The van der Waals surface area contributed by atoms with Crippen molar-refractivity contribution >= 4 is 45.9 Å². The maximum atomic E-state index is 11.8. The Kier molecular flexibility index (Phi) is 6.97. The van der Waals surface area contributed by atoms with Crippen LogP contribution in [-0.4, -0.2) is 50.4 Å². The third-order valence-corrected chi connectivity index (χ3v) is 6.18. The van der Waals surface area contributed by atoms with Crippen molar-refractivity contribution in [3.8, 4) is 22.8 Å². The van der Waals surface area contributed by atoms with Crippen LogP contribution in [-0.2, 0) is 9.53 Å². The SMILES string of the molecule is C=CC(=O)N[C@H]1CCOC[C@H]1Nc1cc2cc(-c3c(Cl)c(OC)cc(OC)c3Cl)oc2cn1. The molecule has 1 saturated heterocycles. The van der Waals surface area contributed by atoms with E-state index in [0.717, 1.165) is 5.39 Å². The van der Waals surface area contributed by atoms with Crippen molar-refractivity contribution in [1.29, 1.82) is 0 Å². The number of rotatable bonds is 7. The van der Waals surface area contributed by atoms with E-state index in [1.165, 1.54) is 20.3 Å². The lowest BCUT2D eigenvalue weighted by Crippen LogP contribution is -2.52. The fourth-order valence-electron chi connectivity index (χ4n) is 3.73. The van der Waals surface area contributed by atoms with Gasteiger partial charge in [-0.2, -0.15) is 0 Å². The standard InChI is InChI=1S/C23H23Cl2N3O5/c1-4-20(29)28-13-5-6-32-11-14(13)27-19-8-12-7-15(33-18(12)10-26-19)21-22(24)16(30-2)9-17(31-3)23(21)25/h4,7-10,13-14H,1,5-6,11H2,2-3H3,(H,26,27)(H,28,29)/t13-,14+/m0/s1. The maximum absolute atomic E-state index is 11.8. The van der Waals surface area contributed by atoms with Crippen LogP contribution in [0.15, 0.2) is 41.5 Å². The van der Waals surface area contributed by atoms with E-state index in [2.05, 4.69) is 22.2 Å². The summed E-state index contributed by atoms with van der Waals surface area (Å²) in [4.78, 5) is 16.2. The van der Waals surface area contributed by atoms with Gasteiger partial charge in [-0.05, 0) is 24.6 Å². The molecule has 0 bridgehead atoms. The zero-order valence-electron chi connectivity index (χ0n) is 18.1. The van der Waals surface area contributed by atoms with E-state index in [1.807, 2.05) is 12.1 Å². The molecule has 3 heterocycles. The zero-order chi connectivity index (χ0) is 23.5. The molecule has 0 spiro atoms. The monoisotopic (exact) mass is 491 g/mol. The summed E-state index contributed by atoms with van der Waals surface area (Å²) in [6.45, 7) is 4.52. The van der Waals surface area contributed by atoms with Crippen LogP contribution in [0, 0.1) is 0 Å². The molecule has 0 radical (unpaired) electrons. The average molecular weight is 492 g/mol. The normalized spacial score (nSPS) is 18.1. The van der Waals surface area contributed by atoms with Crippen LogP contribution in [0.4, 0.5) is 5.82 Å². The number of aromatic nitrogens is 1. The number of benzene rings is 1. The summed E-state index contributed by atoms with van der Waals surface area (Å²) in [5.41, 5.74) is 1.02. The topological polar surface area (TPSA) is 94.9 Å². The fraction of sp³-hybridized carbons (Fsp3) is 0.304. The number of furan rings is 1. The molecule has 4 rings (SSSR count). The molecule has 2 N–H and O–H groups in total. The van der Waals surface area contributed by atoms with Crippen molar-refractivity contribution in [2.75, 3.05) is 32.8 Å². The van der Waals surface area contributed by atoms with E-state index < -0.39 is 0 Å². The Morgan fingerprint density at radius 2 is 1.91 bits per heavy atom. The van der Waals surface area contributed by atoms with Gasteiger partial charge in [-0.15, -0.1) is 0 Å². The van der Waals surface area contributed by atoms with Crippen LogP contribution in [0.3, 0.4) is 0 Å². The van der Waals surface area contributed by atoms with Crippen molar-refractivity contribution in [3.05, 3.63) is 47.1 Å². The molecule has 1 fully saturated rings. The molecular weight excluding hydrogens is 469 g/mol. The largest absolute Gasteiger partial charge is 0.495 e. The van der Waals surface area contributed by atoms with Gasteiger partial charge in [-0.25, -0.2) is 4.98 Å². The van der Waals surface area contributed by atoms with Gasteiger partial charge in [0.1, 0.15) is 23.1 Å². The minimum absolute atomic E-state index is 0.108. The number of anilines is 1. The second kappa shape index (κ2) is 9.91. The third-order valence-electron chi connectivity index (χ3n) is 5.43. The van der Waals surface area contributed by atoms with Gasteiger partial charge in [0.2, 0.25) is 5.91 Å². The number of hydrogen-bond donors (Lipinski definition) is 2. The number of nitrogens with one attached hydrogen (secondary N) is 2. The van der Waals surface area contributed by atoms with Crippen molar-refractivity contribution in [1.82, 2.24) is 10.3 Å². The maximum Gasteiger partial charge on any atom is 0.243 e. The van der Waals surface area contributed by atoms with Gasteiger partial charge in [0.05, 0.1) is 54.7 Å². The third kappa shape index (κ3) is 4.73. The van der Waals surface area contributed by atoms with Gasteiger partial charge >= 0.3 is 0 Å². The van der Waals surface area contributed by atoms with Crippen LogP contribution in [0.2, 0.25) is 10.0 Å². The van der Waals surface area contributed by atoms with E-state index in [0.29, 0.717) is 63.9 Å². The highest BCUT2D eigenvalue weighted by Gasteiger charge is 2.27. The first kappa shape index (κ1) is 23.2. The predicted molar refractivity (Wildman–Crippen MR) is 128 cm³/mol. The molecule has 1 aromatic carbocycles. The van der Waals surface area contributed by atoms with Gasteiger partial charge in [-0.1, -0.05) is 29.8 Å². The summed E-state index contributed by atoms with van der Waals surface area (Å²) in [6, 6.07) is 5.04. The fourth-order valence-corrected chi connectivity index (χ4v) is 4.42. The number of methoxy groups -OCH3 is 2. The molecule has 8 nitrogen and oxygen atoms in total. The number of fused-ring (bicyclic) bond motifs is 1. The second-order valence-corrected chi connectivity index (χ2v) is 8.19. The van der Waals surface area contributed by atoms with Crippen LogP contribution < -0.4 is 20.1 Å². The highest BCUT2D eigenvalue weighted by atomic mass is 35.5. The van der Waals surface area contributed by atoms with Gasteiger partial charge in [-0.3, -0.25) is 4.79 Å². The molecule has 174 valence electrons. The van der Waals surface area contributed by atoms with Gasteiger partial charge in [0.25, 0.3) is 0 Å². The molecule has 10 heteroatoms. The van der Waals surface area contributed by atoms with Gasteiger partial charge in [0.15, 0.2) is 5.58 Å². The average Bonchev–Trinajstić information content (AvgIpc) is 3.23. The zero-order valence-corrected chi connectivity index (χ0v) is 19.6. The number of pyridine rings is 1. The Labute approximate surface area is 200 Å². The molecule has 33 heavy (non-hydrogen) atoms. The molecule has 1 amide bonds. The van der Waals surface area contributed by atoms with E-state index >= 15 is 0 Å². The van der Waals surface area contributed by atoms with Crippen molar-refractivity contribution in [2.45, 2.75) is 18.5 Å². The van der Waals surface area contributed by atoms with Crippen molar-refractivity contribution < 1.29 is 23.4 Å². The Hall–Kier alpha value is -2.94. The molecule has 0 saturated carbocycles. The first-order chi connectivity index (χ1) is 15.9. The van der Waals surface area contributed by atoms with Gasteiger partial charge < -0.3 is 29.3 Å². The summed E-state index contributed by atoms with van der Waals surface area (Å²) < 4.78 is 22.3. The Balaban J connectivity index is 1.65. The quantitative estimate of drug-likeness (QED) is 0.462. The summed E-state index contributed by atoms with van der Waals surface area (Å²) in [5.74, 6) is 1.67. The summed E-state index contributed by atoms with van der Waals surface area (Å²) in [7, 11) is 3.02. The molecule has 0 unspecified atom stereocenters. The van der Waals surface area contributed by atoms with Crippen LogP contribution in [0.5, 0.6) is 11.5 Å². The van der Waals surface area contributed by atoms with Crippen LogP contribution >= 0.6 is 23.2 Å². The molecule has 3 aromatic rings. The molecule has 2 aromatic heterocycles. The smallest absolute Gasteiger partial charge is 0.243 e. The first-order valence-electron chi connectivity index (χ1n) is 10.2. The molecule has 1 aliphatic rings. The molecule has 1 aliphatic heterocycles. The number of carbonyl (C=O) groups is 1. The van der Waals surface area contributed by atoms with Crippen molar-refractivity contribution in [3.63, 3.8) is 0 Å². The lowest BCUT2D eigenvalue weighted by Gasteiger charge is -2.32. The lowest BCUT2D eigenvalue weighted by molar-refractivity contribution is -0.117. The lowest BCUT2D eigenvalue weighted by atomic mass is 10.0. The Morgan fingerprint density at radius 1 is 1.18 bits per heavy atom. The van der Waals surface area contributed by atoms with E-state index in [9.17, 15) is 4.79 Å². The number of amides is 1. The second-order valence-electron chi connectivity index (χ2n) is 7.44. The van der Waals surface area contributed by atoms with Crippen molar-refractivity contribution in [2.24, 2.45) is 0 Å². The Bertz CT molecular complexity index is 1170. The highest BCUT2D eigenvalue weighted by molar-refractivity contribution is 6.41. The van der Waals surface area contributed by atoms with Crippen LogP contribution in [0.1, 0.15) is 6.42 Å². The number of hydrogen-bond acceptors (Lipinski definition) is 7. The summed E-state index contributed by atoms with van der Waals surface area (Å²) in [6.07, 6.45) is 3.55. The number of halogens is 2. The Morgan fingerprint density at radius 3 is 2.58 bits per heavy atom. The summed E-state index contributed by atoms with van der Waals surface area (Å²) in [5, 5.41) is 7.70. The highest BCUT2D eigenvalue weighted by Crippen LogP contribution is 2.47.